The Morgan fingerprint density at radius 1 is 0.871 bits per heavy atom. The SMILES string of the molecule is CC1(C)C2CCC1(CS(=O)(=O)C(S(C)(=O)=O)S(=O)(=O)CC13CCC(CC1=O)C3)C(=O)C2. The lowest BCUT2D eigenvalue weighted by Gasteiger charge is -2.37. The number of hydrogen-bond acceptors (Lipinski definition) is 8. The third-order valence-corrected chi connectivity index (χ3v) is 18.1. The van der Waals surface area contributed by atoms with Crippen LogP contribution in [-0.4, -0.2) is 58.5 Å². The van der Waals surface area contributed by atoms with Gasteiger partial charge in [-0.2, -0.15) is 0 Å². The maximum Gasteiger partial charge on any atom is 0.262 e. The Kier molecular flexibility index (Phi) is 4.99. The van der Waals surface area contributed by atoms with Crippen molar-refractivity contribution in [3.63, 3.8) is 0 Å². The largest absolute Gasteiger partial charge is 0.299 e. The summed E-state index contributed by atoms with van der Waals surface area (Å²) in [5.41, 5.74) is -3.10. The summed E-state index contributed by atoms with van der Waals surface area (Å²) in [6.45, 7) is 3.62. The first-order chi connectivity index (χ1) is 14.0. The third-order valence-electron chi connectivity index (χ3n) is 8.78. The number of sulfone groups is 3. The van der Waals surface area contributed by atoms with Gasteiger partial charge in [0.15, 0.2) is 29.5 Å². The van der Waals surface area contributed by atoms with E-state index in [4.69, 9.17) is 0 Å². The molecule has 0 aromatic carbocycles. The van der Waals surface area contributed by atoms with Crippen LogP contribution in [0.4, 0.5) is 0 Å². The van der Waals surface area contributed by atoms with Crippen molar-refractivity contribution < 1.29 is 34.8 Å². The maximum absolute atomic E-state index is 13.5. The van der Waals surface area contributed by atoms with E-state index < -0.39 is 61.2 Å². The van der Waals surface area contributed by atoms with E-state index in [1.165, 1.54) is 0 Å². The highest BCUT2D eigenvalue weighted by Crippen LogP contribution is 2.64. The first-order valence-electron chi connectivity index (χ1n) is 10.7. The molecule has 0 aliphatic heterocycles. The average molecular weight is 495 g/mol. The molecule has 5 atom stereocenters. The standard InChI is InChI=1S/C20H30O8S3/c1-18(2)14-5-7-20(18,16(22)9-14)12-31(27,28)17(29(3,23)24)30(25,26)11-19-6-4-13(10-19)8-15(19)21/h13-14,17H,4-12H2,1-3H3. The molecule has 0 aromatic heterocycles. The fourth-order valence-corrected chi connectivity index (χ4v) is 16.8. The number of carbonyl (C=O) groups excluding carboxylic acids is 2. The van der Waals surface area contributed by atoms with E-state index in [1.54, 1.807) is 0 Å². The van der Waals surface area contributed by atoms with Crippen LogP contribution in [0.5, 0.6) is 0 Å². The second-order valence-corrected chi connectivity index (χ2v) is 18.1. The van der Waals surface area contributed by atoms with Crippen LogP contribution in [-0.2, 0) is 39.1 Å². The number of hydrogen-bond donors (Lipinski definition) is 0. The molecule has 4 aliphatic carbocycles. The number of Topliss-reactive ketones (excluding diaryl/α,β-unsaturated/α-hetero) is 2. The quantitative estimate of drug-likeness (QED) is 0.516. The summed E-state index contributed by atoms with van der Waals surface area (Å²) in [4.78, 5) is 25.2. The van der Waals surface area contributed by atoms with Crippen molar-refractivity contribution >= 4 is 41.1 Å². The lowest BCUT2D eigenvalue weighted by atomic mass is 9.70. The van der Waals surface area contributed by atoms with E-state index in [-0.39, 0.29) is 36.2 Å². The molecule has 0 aromatic rings. The molecule has 4 fully saturated rings. The summed E-state index contributed by atoms with van der Waals surface area (Å²) in [6, 6.07) is 0. The van der Waals surface area contributed by atoms with E-state index in [1.807, 2.05) is 13.8 Å². The zero-order valence-corrected chi connectivity index (χ0v) is 20.5. The maximum atomic E-state index is 13.5. The number of rotatable bonds is 7. The first kappa shape index (κ1) is 23.4. The zero-order valence-electron chi connectivity index (χ0n) is 18.1. The minimum absolute atomic E-state index is 0.00825. The monoisotopic (exact) mass is 494 g/mol. The van der Waals surface area contributed by atoms with Gasteiger partial charge in [-0.1, -0.05) is 13.8 Å². The predicted molar refractivity (Wildman–Crippen MR) is 114 cm³/mol. The molecule has 11 heteroatoms. The lowest BCUT2D eigenvalue weighted by Crippen LogP contribution is -2.50. The van der Waals surface area contributed by atoms with Gasteiger partial charge in [0, 0.05) is 29.9 Å². The minimum Gasteiger partial charge on any atom is -0.299 e. The molecular weight excluding hydrogens is 464 g/mol. The second-order valence-electron chi connectivity index (χ2n) is 10.9. The van der Waals surface area contributed by atoms with E-state index in [9.17, 15) is 34.8 Å². The van der Waals surface area contributed by atoms with E-state index >= 15 is 0 Å². The molecule has 4 saturated carbocycles. The van der Waals surface area contributed by atoms with Crippen LogP contribution in [0.2, 0.25) is 0 Å². The van der Waals surface area contributed by atoms with Crippen molar-refractivity contribution in [2.24, 2.45) is 28.1 Å². The molecule has 8 nitrogen and oxygen atoms in total. The molecule has 0 spiro atoms. The predicted octanol–water partition coefficient (Wildman–Crippen LogP) is 1.30. The van der Waals surface area contributed by atoms with Gasteiger partial charge in [-0.25, -0.2) is 25.3 Å². The summed E-state index contributed by atoms with van der Waals surface area (Å²) in [5.74, 6) is -1.91. The molecule has 31 heavy (non-hydrogen) atoms. The Labute approximate surface area is 184 Å². The Morgan fingerprint density at radius 3 is 1.90 bits per heavy atom. The highest BCUT2D eigenvalue weighted by Gasteiger charge is 2.67. The Balaban J connectivity index is 1.73. The highest BCUT2D eigenvalue weighted by atomic mass is 32.3. The summed E-state index contributed by atoms with van der Waals surface area (Å²) < 4.78 is 76.1. The fraction of sp³-hybridized carbons (Fsp3) is 0.900. The van der Waals surface area contributed by atoms with Gasteiger partial charge in [0.1, 0.15) is 11.6 Å². The molecule has 4 rings (SSSR count). The Hall–Kier alpha value is -0.810. The topological polar surface area (TPSA) is 137 Å². The summed E-state index contributed by atoms with van der Waals surface area (Å²) in [6.07, 6.45) is 3.45. The molecule has 0 heterocycles. The summed E-state index contributed by atoms with van der Waals surface area (Å²) >= 11 is 0. The second kappa shape index (κ2) is 6.62. The van der Waals surface area contributed by atoms with Crippen LogP contribution >= 0.6 is 0 Å². The van der Waals surface area contributed by atoms with Gasteiger partial charge in [0.05, 0.1) is 11.5 Å². The number of ketones is 2. The van der Waals surface area contributed by atoms with Crippen molar-refractivity contribution in [1.82, 2.24) is 0 Å². The molecule has 0 amide bonds. The van der Waals surface area contributed by atoms with Crippen molar-refractivity contribution in [2.75, 3.05) is 17.8 Å². The van der Waals surface area contributed by atoms with Crippen molar-refractivity contribution in [2.45, 2.75) is 62.7 Å². The number of fused-ring (bicyclic) bond motifs is 4. The Bertz CT molecular complexity index is 1160. The third kappa shape index (κ3) is 3.27. The van der Waals surface area contributed by atoms with Crippen LogP contribution in [0.15, 0.2) is 0 Å². The van der Waals surface area contributed by atoms with Gasteiger partial charge < -0.3 is 0 Å². The lowest BCUT2D eigenvalue weighted by molar-refractivity contribution is -0.128. The van der Waals surface area contributed by atoms with Crippen LogP contribution in [0.3, 0.4) is 0 Å². The Morgan fingerprint density at radius 2 is 1.48 bits per heavy atom. The van der Waals surface area contributed by atoms with Gasteiger partial charge in [0.2, 0.25) is 0 Å². The van der Waals surface area contributed by atoms with Crippen molar-refractivity contribution in [1.29, 1.82) is 0 Å². The van der Waals surface area contributed by atoms with Crippen LogP contribution in [0.25, 0.3) is 0 Å². The minimum atomic E-state index is -4.76. The van der Waals surface area contributed by atoms with Gasteiger partial charge in [-0.05, 0) is 49.4 Å². The van der Waals surface area contributed by atoms with Gasteiger partial charge >= 0.3 is 0 Å². The normalized spacial score (nSPS) is 38.2. The summed E-state index contributed by atoms with van der Waals surface area (Å²) in [7, 11) is -14.1. The van der Waals surface area contributed by atoms with E-state index in [0.717, 1.165) is 0 Å². The van der Waals surface area contributed by atoms with Crippen molar-refractivity contribution in [3.8, 4) is 0 Å². The molecule has 4 aliphatic rings. The van der Waals surface area contributed by atoms with E-state index in [0.29, 0.717) is 38.4 Å². The molecule has 0 N–H and O–H groups in total. The highest BCUT2D eigenvalue weighted by molar-refractivity contribution is 8.24. The molecule has 0 saturated heterocycles. The zero-order chi connectivity index (χ0) is 23.3. The fourth-order valence-electron chi connectivity index (χ4n) is 7.08. The molecule has 176 valence electrons. The van der Waals surface area contributed by atoms with Crippen molar-refractivity contribution in [3.05, 3.63) is 0 Å². The smallest absolute Gasteiger partial charge is 0.262 e. The molecule has 5 unspecified atom stereocenters. The van der Waals surface area contributed by atoms with Crippen LogP contribution in [0, 0.1) is 28.1 Å². The molecular formula is C20H30O8S3. The van der Waals surface area contributed by atoms with Crippen LogP contribution < -0.4 is 0 Å². The molecule has 0 radical (unpaired) electrons. The van der Waals surface area contributed by atoms with E-state index in [2.05, 4.69) is 0 Å². The number of carbonyl (C=O) groups is 2. The van der Waals surface area contributed by atoms with Gasteiger partial charge in [-0.15, -0.1) is 0 Å². The van der Waals surface area contributed by atoms with Crippen LogP contribution in [0.1, 0.15) is 58.8 Å². The van der Waals surface area contributed by atoms with Gasteiger partial charge in [-0.3, -0.25) is 9.59 Å². The first-order valence-corrected chi connectivity index (χ1v) is 16.0. The average Bonchev–Trinajstić information content (AvgIpc) is 3.20. The molecule has 4 bridgehead atoms. The van der Waals surface area contributed by atoms with Gasteiger partial charge in [0.25, 0.3) is 3.91 Å². The summed E-state index contributed by atoms with van der Waals surface area (Å²) in [5, 5.41) is 0.